The smallest absolute Gasteiger partial charge is 0.261 e. The van der Waals surface area contributed by atoms with E-state index in [2.05, 4.69) is 11.0 Å². The van der Waals surface area contributed by atoms with Crippen molar-refractivity contribution in [3.8, 4) is 0 Å². The van der Waals surface area contributed by atoms with E-state index in [1.165, 1.54) is 17.4 Å². The maximum atomic E-state index is 13.7. The van der Waals surface area contributed by atoms with Gasteiger partial charge >= 0.3 is 0 Å². The van der Waals surface area contributed by atoms with E-state index in [0.717, 1.165) is 40.7 Å². The summed E-state index contributed by atoms with van der Waals surface area (Å²) in [6.45, 7) is 8.06. The largest absolute Gasteiger partial charge is 0.379 e. The molecule has 170 valence electrons. The molecule has 1 saturated heterocycles. The molecule has 0 unspecified atom stereocenters. The molecule has 9 heteroatoms. The fourth-order valence-corrected chi connectivity index (χ4v) is 5.84. The number of amides is 1. The fourth-order valence-electron chi connectivity index (χ4n) is 3.83. The van der Waals surface area contributed by atoms with Gasteiger partial charge in [0.25, 0.3) is 5.91 Å². The van der Waals surface area contributed by atoms with E-state index in [-0.39, 0.29) is 16.4 Å². The first kappa shape index (κ1) is 22.8. The number of anilines is 1. The molecule has 0 N–H and O–H groups in total. The highest BCUT2D eigenvalue weighted by Crippen LogP contribution is 2.34. The van der Waals surface area contributed by atoms with Gasteiger partial charge in [-0.05, 0) is 37.1 Å². The number of carbonyl (C=O) groups excluding carboxylic acids is 1. The number of carbonyl (C=O) groups is 1. The Kier molecular flexibility index (Phi) is 6.62. The van der Waals surface area contributed by atoms with Crippen LogP contribution in [0.15, 0.2) is 41.3 Å². The molecule has 4 rings (SSSR count). The third-order valence-corrected chi connectivity index (χ3v) is 8.04. The molecule has 0 atom stereocenters. The fraction of sp³-hybridized carbons (Fsp3) is 0.391. The van der Waals surface area contributed by atoms with Crippen LogP contribution in [0, 0.1) is 13.8 Å². The van der Waals surface area contributed by atoms with Crippen LogP contribution in [0.5, 0.6) is 0 Å². The van der Waals surface area contributed by atoms with Gasteiger partial charge in [-0.2, -0.15) is 0 Å². The molecule has 2 heterocycles. The van der Waals surface area contributed by atoms with Crippen molar-refractivity contribution < 1.29 is 17.9 Å². The van der Waals surface area contributed by atoms with Crippen molar-refractivity contribution in [3.63, 3.8) is 0 Å². The lowest BCUT2D eigenvalue weighted by Crippen LogP contribution is -2.43. The van der Waals surface area contributed by atoms with Crippen molar-refractivity contribution in [1.29, 1.82) is 0 Å². The van der Waals surface area contributed by atoms with Gasteiger partial charge in [-0.3, -0.25) is 14.6 Å². The minimum atomic E-state index is -3.56. The van der Waals surface area contributed by atoms with Crippen LogP contribution < -0.4 is 4.90 Å². The molecule has 0 bridgehead atoms. The number of sulfone groups is 1. The molecule has 1 aromatic heterocycles. The van der Waals surface area contributed by atoms with E-state index in [0.29, 0.717) is 31.4 Å². The van der Waals surface area contributed by atoms with Crippen molar-refractivity contribution in [2.75, 3.05) is 50.5 Å². The highest BCUT2D eigenvalue weighted by molar-refractivity contribution is 7.90. The van der Waals surface area contributed by atoms with Crippen LogP contribution in [-0.4, -0.2) is 69.9 Å². The first-order valence-corrected chi connectivity index (χ1v) is 13.2. The third kappa shape index (κ3) is 4.71. The van der Waals surface area contributed by atoms with E-state index in [9.17, 15) is 13.2 Å². The quantitative estimate of drug-likeness (QED) is 0.547. The Bertz CT molecular complexity index is 1210. The van der Waals surface area contributed by atoms with Crippen LogP contribution in [0.1, 0.15) is 21.5 Å². The van der Waals surface area contributed by atoms with E-state index >= 15 is 0 Å². The normalized spacial score (nSPS) is 15.2. The highest BCUT2D eigenvalue weighted by Gasteiger charge is 2.27. The molecule has 1 aliphatic heterocycles. The molecule has 0 spiro atoms. The Morgan fingerprint density at radius 3 is 2.50 bits per heavy atom. The third-order valence-electron chi connectivity index (χ3n) is 5.67. The average molecular weight is 474 g/mol. The van der Waals surface area contributed by atoms with Crippen LogP contribution in [0.4, 0.5) is 5.13 Å². The summed E-state index contributed by atoms with van der Waals surface area (Å²) < 4.78 is 31.2. The van der Waals surface area contributed by atoms with E-state index in [4.69, 9.17) is 9.72 Å². The number of aromatic nitrogens is 1. The Morgan fingerprint density at radius 2 is 1.81 bits per heavy atom. The number of benzene rings is 2. The van der Waals surface area contributed by atoms with Crippen LogP contribution in [-0.2, 0) is 14.6 Å². The van der Waals surface area contributed by atoms with Gasteiger partial charge in [0.15, 0.2) is 15.0 Å². The summed E-state index contributed by atoms with van der Waals surface area (Å²) in [4.78, 5) is 22.4. The Morgan fingerprint density at radius 1 is 1.12 bits per heavy atom. The lowest BCUT2D eigenvalue weighted by molar-refractivity contribution is 0.0391. The molecule has 0 saturated carbocycles. The molecule has 0 aliphatic carbocycles. The molecule has 7 nitrogen and oxygen atoms in total. The Balaban J connectivity index is 1.75. The SMILES string of the molecule is Cc1ccc(C)c2sc(N(CCN3CCOCC3)C(=O)c3ccccc3S(C)(=O)=O)nc12. The Labute approximate surface area is 192 Å². The molecule has 32 heavy (non-hydrogen) atoms. The summed E-state index contributed by atoms with van der Waals surface area (Å²) in [6.07, 6.45) is 1.13. The van der Waals surface area contributed by atoms with Crippen LogP contribution in [0.3, 0.4) is 0 Å². The van der Waals surface area contributed by atoms with Gasteiger partial charge in [-0.15, -0.1) is 0 Å². The minimum absolute atomic E-state index is 0.0369. The molecule has 3 aromatic rings. The van der Waals surface area contributed by atoms with Crippen molar-refractivity contribution >= 4 is 42.4 Å². The Hall–Kier alpha value is -2.33. The van der Waals surface area contributed by atoms with Gasteiger partial charge in [0.2, 0.25) is 0 Å². The van der Waals surface area contributed by atoms with E-state index in [1.807, 2.05) is 19.9 Å². The molecule has 2 aromatic carbocycles. The van der Waals surface area contributed by atoms with Gasteiger partial charge in [-0.1, -0.05) is 35.6 Å². The van der Waals surface area contributed by atoms with Gasteiger partial charge in [0, 0.05) is 32.4 Å². The number of nitrogens with zero attached hydrogens (tertiary/aromatic N) is 3. The zero-order valence-corrected chi connectivity index (χ0v) is 20.1. The topological polar surface area (TPSA) is 79.8 Å². The average Bonchev–Trinajstić information content (AvgIpc) is 3.23. The molecule has 1 amide bonds. The number of ether oxygens (including phenoxy) is 1. The second kappa shape index (κ2) is 9.27. The molecule has 1 aliphatic rings. The van der Waals surface area contributed by atoms with Gasteiger partial charge in [-0.25, -0.2) is 13.4 Å². The first-order chi connectivity index (χ1) is 15.3. The zero-order valence-electron chi connectivity index (χ0n) is 18.5. The second-order valence-electron chi connectivity index (χ2n) is 8.05. The summed E-state index contributed by atoms with van der Waals surface area (Å²) in [5, 5.41) is 0.582. The molecule has 0 radical (unpaired) electrons. The maximum Gasteiger partial charge on any atom is 0.261 e. The van der Waals surface area contributed by atoms with Crippen molar-refractivity contribution in [1.82, 2.24) is 9.88 Å². The number of hydrogen-bond acceptors (Lipinski definition) is 7. The number of thiazole rings is 1. The highest BCUT2D eigenvalue weighted by atomic mass is 32.2. The van der Waals surface area contributed by atoms with E-state index < -0.39 is 9.84 Å². The summed E-state index contributed by atoms with van der Waals surface area (Å²) >= 11 is 1.47. The molecular formula is C23H27N3O4S2. The number of hydrogen-bond donors (Lipinski definition) is 0. The van der Waals surface area contributed by atoms with Crippen LogP contribution in [0.25, 0.3) is 10.2 Å². The summed E-state index contributed by atoms with van der Waals surface area (Å²) in [5.74, 6) is -0.353. The second-order valence-corrected chi connectivity index (χ2v) is 11.0. The molecular weight excluding hydrogens is 446 g/mol. The van der Waals surface area contributed by atoms with Crippen LogP contribution >= 0.6 is 11.3 Å². The number of aryl methyl sites for hydroxylation is 2. The first-order valence-electron chi connectivity index (χ1n) is 10.5. The minimum Gasteiger partial charge on any atom is -0.379 e. The lowest BCUT2D eigenvalue weighted by atomic mass is 10.1. The van der Waals surface area contributed by atoms with Crippen molar-refractivity contribution in [3.05, 3.63) is 53.1 Å². The predicted octanol–water partition coefficient (Wildman–Crippen LogP) is 3.30. The monoisotopic (exact) mass is 473 g/mol. The van der Waals surface area contributed by atoms with Gasteiger partial charge in [0.1, 0.15) is 0 Å². The summed E-state index contributed by atoms with van der Waals surface area (Å²) in [7, 11) is -3.56. The van der Waals surface area contributed by atoms with Crippen molar-refractivity contribution in [2.24, 2.45) is 0 Å². The molecule has 1 fully saturated rings. The predicted molar refractivity (Wildman–Crippen MR) is 128 cm³/mol. The number of morpholine rings is 1. The van der Waals surface area contributed by atoms with E-state index in [1.54, 1.807) is 23.1 Å². The summed E-state index contributed by atoms with van der Waals surface area (Å²) in [5.41, 5.74) is 3.20. The summed E-state index contributed by atoms with van der Waals surface area (Å²) in [6, 6.07) is 10.5. The van der Waals surface area contributed by atoms with Crippen molar-refractivity contribution in [2.45, 2.75) is 18.7 Å². The maximum absolute atomic E-state index is 13.7. The van der Waals surface area contributed by atoms with Gasteiger partial charge < -0.3 is 4.74 Å². The number of rotatable bonds is 6. The van der Waals surface area contributed by atoms with Crippen LogP contribution in [0.2, 0.25) is 0 Å². The lowest BCUT2D eigenvalue weighted by Gasteiger charge is -2.29. The standard InChI is InChI=1S/C23H27N3O4S2/c1-16-8-9-17(2)21-20(16)24-23(31-21)26(11-10-25-12-14-30-15-13-25)22(27)18-6-4-5-7-19(18)32(3,28)29/h4-9H,10-15H2,1-3H3. The zero-order chi connectivity index (χ0) is 22.9. The van der Waals surface area contributed by atoms with Gasteiger partial charge in [0.05, 0.1) is 33.9 Å². The number of fused-ring (bicyclic) bond motifs is 1.